The zero-order valence-corrected chi connectivity index (χ0v) is 20.4. The van der Waals surface area contributed by atoms with Crippen molar-refractivity contribution in [3.8, 4) is 28.1 Å². The van der Waals surface area contributed by atoms with Crippen molar-refractivity contribution in [1.29, 1.82) is 0 Å². The van der Waals surface area contributed by atoms with Gasteiger partial charge in [0.25, 0.3) is 0 Å². The van der Waals surface area contributed by atoms with Gasteiger partial charge in [-0.25, -0.2) is 4.79 Å². The molecule has 176 valence electrons. The molecule has 7 nitrogen and oxygen atoms in total. The van der Waals surface area contributed by atoms with E-state index >= 15 is 0 Å². The van der Waals surface area contributed by atoms with Gasteiger partial charge in [-0.3, -0.25) is 9.97 Å². The minimum atomic E-state index is -0.552. The smallest absolute Gasteiger partial charge is 0.410 e. The van der Waals surface area contributed by atoms with Crippen molar-refractivity contribution in [3.05, 3.63) is 66.1 Å². The number of hydrogen-bond donors (Lipinski definition) is 1. The lowest BCUT2D eigenvalue weighted by molar-refractivity contribution is 0.0278. The largest absolute Gasteiger partial charge is 0.489 e. The molecule has 0 atom stereocenters. The molecule has 0 aliphatic carbocycles. The maximum Gasteiger partial charge on any atom is 0.410 e. The Morgan fingerprint density at radius 3 is 2.74 bits per heavy atom. The molecular weight excluding hydrogens is 452 g/mol. The number of carbonyl (C=O) groups is 1. The number of benzene rings is 1. The maximum atomic E-state index is 12.2. The van der Waals surface area contributed by atoms with E-state index in [4.69, 9.17) is 21.1 Å². The number of ether oxygens (including phenoxy) is 2. The minimum absolute atomic E-state index is 0.277. The summed E-state index contributed by atoms with van der Waals surface area (Å²) < 4.78 is 11.5. The number of likely N-dealkylation sites (N-methyl/N-ethyl adjacent to an activating group) is 1. The Morgan fingerprint density at radius 1 is 1.15 bits per heavy atom. The summed E-state index contributed by atoms with van der Waals surface area (Å²) >= 11 is 6.30. The average molecular weight is 479 g/mol. The fourth-order valence-electron chi connectivity index (χ4n) is 3.57. The van der Waals surface area contributed by atoms with Gasteiger partial charge in [-0.2, -0.15) is 0 Å². The summed E-state index contributed by atoms with van der Waals surface area (Å²) in [7, 11) is 1.68. The van der Waals surface area contributed by atoms with Gasteiger partial charge in [0.15, 0.2) is 0 Å². The van der Waals surface area contributed by atoms with Gasteiger partial charge in [0.05, 0.1) is 29.5 Å². The zero-order chi connectivity index (χ0) is 24.3. The summed E-state index contributed by atoms with van der Waals surface area (Å²) in [6, 6.07) is 13.4. The number of rotatable bonds is 6. The zero-order valence-electron chi connectivity index (χ0n) is 19.6. The molecule has 4 aromatic rings. The molecule has 1 amide bonds. The van der Waals surface area contributed by atoms with Gasteiger partial charge < -0.3 is 19.4 Å². The maximum absolute atomic E-state index is 12.2. The quantitative estimate of drug-likeness (QED) is 0.357. The Labute approximate surface area is 203 Å². The van der Waals surface area contributed by atoms with Gasteiger partial charge in [0.1, 0.15) is 18.0 Å². The lowest BCUT2D eigenvalue weighted by Crippen LogP contribution is -2.36. The minimum Gasteiger partial charge on any atom is -0.489 e. The molecule has 0 bridgehead atoms. The van der Waals surface area contributed by atoms with Gasteiger partial charge >= 0.3 is 6.09 Å². The van der Waals surface area contributed by atoms with Crippen LogP contribution in [0.15, 0.2) is 61.1 Å². The molecule has 1 aromatic carbocycles. The van der Waals surface area contributed by atoms with E-state index in [-0.39, 0.29) is 6.61 Å². The standard InChI is InChI=1S/C26H27ClN4O3/c1-26(2,3)34-25(32)31(4)13-14-33-21-16-28-12-10-19(21)23-22(17-7-5-8-18(27)15-17)24-20(30-23)9-6-11-29-24/h5-12,15-16,30H,13-14H2,1-4H3. The first-order chi connectivity index (χ1) is 16.2. The molecule has 0 unspecified atom stereocenters. The lowest BCUT2D eigenvalue weighted by Gasteiger charge is -2.24. The summed E-state index contributed by atoms with van der Waals surface area (Å²) in [6.07, 6.45) is 4.76. The van der Waals surface area contributed by atoms with Crippen LogP contribution < -0.4 is 4.74 Å². The Hall–Kier alpha value is -3.58. The number of carbonyl (C=O) groups excluding carboxylic acids is 1. The molecule has 0 fully saturated rings. The molecule has 0 saturated carbocycles. The summed E-state index contributed by atoms with van der Waals surface area (Å²) in [5, 5.41) is 0.644. The number of halogens is 1. The highest BCUT2D eigenvalue weighted by Gasteiger charge is 2.21. The molecule has 8 heteroatoms. The highest BCUT2D eigenvalue weighted by atomic mass is 35.5. The molecule has 34 heavy (non-hydrogen) atoms. The second-order valence-corrected chi connectivity index (χ2v) is 9.34. The number of amides is 1. The van der Waals surface area contributed by atoms with E-state index in [9.17, 15) is 4.79 Å². The van der Waals surface area contributed by atoms with Crippen LogP contribution in [0.1, 0.15) is 20.8 Å². The number of fused-ring (bicyclic) bond motifs is 1. The lowest BCUT2D eigenvalue weighted by atomic mass is 10.0. The van der Waals surface area contributed by atoms with Crippen LogP contribution in [0.25, 0.3) is 33.4 Å². The van der Waals surface area contributed by atoms with Gasteiger partial charge in [0.2, 0.25) is 0 Å². The second-order valence-electron chi connectivity index (χ2n) is 8.91. The van der Waals surface area contributed by atoms with Crippen LogP contribution in [0.4, 0.5) is 4.79 Å². The van der Waals surface area contributed by atoms with Gasteiger partial charge in [-0.05, 0) is 56.7 Å². The first-order valence-electron chi connectivity index (χ1n) is 11.0. The third kappa shape index (κ3) is 5.31. The van der Waals surface area contributed by atoms with Crippen LogP contribution in [0, 0.1) is 0 Å². The predicted octanol–water partition coefficient (Wildman–Crippen LogP) is 6.19. The summed E-state index contributed by atoms with van der Waals surface area (Å²) in [5.74, 6) is 0.593. The monoisotopic (exact) mass is 478 g/mol. The van der Waals surface area contributed by atoms with E-state index in [1.807, 2.05) is 63.2 Å². The predicted molar refractivity (Wildman–Crippen MR) is 134 cm³/mol. The molecule has 0 spiro atoms. The molecule has 0 radical (unpaired) electrons. The summed E-state index contributed by atoms with van der Waals surface area (Å²) in [5.41, 5.74) is 4.76. The van der Waals surface area contributed by atoms with E-state index < -0.39 is 11.7 Å². The summed E-state index contributed by atoms with van der Waals surface area (Å²) in [4.78, 5) is 26.1. The van der Waals surface area contributed by atoms with E-state index in [2.05, 4.69) is 15.0 Å². The molecule has 3 heterocycles. The van der Waals surface area contributed by atoms with Gasteiger partial charge in [-0.15, -0.1) is 0 Å². The van der Waals surface area contributed by atoms with E-state index in [1.165, 1.54) is 4.90 Å². The fraction of sp³-hybridized carbons (Fsp3) is 0.269. The van der Waals surface area contributed by atoms with Crippen molar-refractivity contribution in [3.63, 3.8) is 0 Å². The Balaban J connectivity index is 1.64. The van der Waals surface area contributed by atoms with Gasteiger partial charge in [0, 0.05) is 35.6 Å². The van der Waals surface area contributed by atoms with Crippen LogP contribution in [0.2, 0.25) is 5.02 Å². The first-order valence-corrected chi connectivity index (χ1v) is 11.3. The third-order valence-corrected chi connectivity index (χ3v) is 5.35. The number of aromatic amines is 1. The Morgan fingerprint density at radius 2 is 1.97 bits per heavy atom. The van der Waals surface area contributed by atoms with Crippen molar-refractivity contribution >= 4 is 28.7 Å². The number of H-pyrrole nitrogens is 1. The van der Waals surface area contributed by atoms with E-state index in [0.29, 0.717) is 17.3 Å². The first kappa shape index (κ1) is 23.6. The number of aromatic nitrogens is 3. The molecule has 0 saturated heterocycles. The second kappa shape index (κ2) is 9.73. The molecule has 0 aliphatic heterocycles. The third-order valence-electron chi connectivity index (χ3n) is 5.11. The van der Waals surface area contributed by atoms with Gasteiger partial charge in [-0.1, -0.05) is 23.7 Å². The number of nitrogens with zero attached hydrogens (tertiary/aromatic N) is 3. The highest BCUT2D eigenvalue weighted by molar-refractivity contribution is 6.31. The topological polar surface area (TPSA) is 80.3 Å². The van der Waals surface area contributed by atoms with Crippen LogP contribution in [0.3, 0.4) is 0 Å². The van der Waals surface area contributed by atoms with Crippen molar-refractivity contribution in [2.75, 3.05) is 20.2 Å². The van der Waals surface area contributed by atoms with Crippen LogP contribution in [-0.4, -0.2) is 51.7 Å². The van der Waals surface area contributed by atoms with Crippen molar-refractivity contribution in [2.45, 2.75) is 26.4 Å². The number of nitrogens with one attached hydrogen (secondary N) is 1. The van der Waals surface area contributed by atoms with Crippen molar-refractivity contribution < 1.29 is 14.3 Å². The van der Waals surface area contributed by atoms with Crippen LogP contribution in [-0.2, 0) is 4.74 Å². The normalized spacial score (nSPS) is 11.4. The van der Waals surface area contributed by atoms with Crippen molar-refractivity contribution in [2.24, 2.45) is 0 Å². The molecule has 4 rings (SSSR count). The van der Waals surface area contributed by atoms with Crippen molar-refractivity contribution in [1.82, 2.24) is 19.9 Å². The van der Waals surface area contributed by atoms with E-state index in [1.54, 1.807) is 25.6 Å². The Kier molecular flexibility index (Phi) is 6.75. The summed E-state index contributed by atoms with van der Waals surface area (Å²) in [6.45, 7) is 6.15. The van der Waals surface area contributed by atoms with E-state index in [0.717, 1.165) is 33.4 Å². The molecule has 3 aromatic heterocycles. The molecule has 0 aliphatic rings. The number of hydrogen-bond acceptors (Lipinski definition) is 5. The van der Waals surface area contributed by atoms with Crippen LogP contribution >= 0.6 is 11.6 Å². The molecular formula is C26H27ClN4O3. The SMILES string of the molecule is CN(CCOc1cnccc1-c1[nH]c2cccnc2c1-c1cccc(Cl)c1)C(=O)OC(C)(C)C. The van der Waals surface area contributed by atoms with Crippen LogP contribution in [0.5, 0.6) is 5.75 Å². The average Bonchev–Trinajstić information content (AvgIpc) is 3.17. The highest BCUT2D eigenvalue weighted by Crippen LogP contribution is 2.41. The fourth-order valence-corrected chi connectivity index (χ4v) is 3.76. The number of pyridine rings is 2. The Bertz CT molecular complexity index is 1310. The molecule has 1 N–H and O–H groups in total.